The molecule has 3 atom stereocenters. The monoisotopic (exact) mass is 152 g/mol. The summed E-state index contributed by atoms with van der Waals surface area (Å²) in [5.41, 5.74) is 0.884. The second kappa shape index (κ2) is 2.50. The van der Waals surface area contributed by atoms with Crippen molar-refractivity contribution in [3.05, 3.63) is 0 Å². The lowest BCUT2D eigenvalue weighted by Gasteiger charge is -2.64. The number of hydrogen-bond donors (Lipinski definition) is 0. The Hall–Kier alpha value is 0. The minimum Gasteiger partial charge on any atom is -0.0654 e. The Bertz CT molecular complexity index is 150. The molecule has 0 saturated heterocycles. The van der Waals surface area contributed by atoms with E-state index in [0.29, 0.717) is 0 Å². The Morgan fingerprint density at radius 1 is 1.36 bits per heavy atom. The Morgan fingerprint density at radius 2 is 2.18 bits per heavy atom. The van der Waals surface area contributed by atoms with Gasteiger partial charge < -0.3 is 0 Å². The van der Waals surface area contributed by atoms with Crippen LogP contribution >= 0.6 is 0 Å². The molecule has 0 aromatic heterocycles. The van der Waals surface area contributed by atoms with Gasteiger partial charge in [-0.3, -0.25) is 0 Å². The van der Waals surface area contributed by atoms with E-state index in [-0.39, 0.29) is 0 Å². The van der Waals surface area contributed by atoms with Gasteiger partial charge in [0.15, 0.2) is 0 Å². The van der Waals surface area contributed by atoms with Crippen molar-refractivity contribution < 1.29 is 0 Å². The van der Waals surface area contributed by atoms with Crippen LogP contribution in [-0.2, 0) is 0 Å². The summed E-state index contributed by atoms with van der Waals surface area (Å²) in [5.74, 6) is 2.28. The van der Waals surface area contributed by atoms with Crippen LogP contribution in [0.5, 0.6) is 0 Å². The van der Waals surface area contributed by atoms with Crippen molar-refractivity contribution in [1.82, 2.24) is 0 Å². The lowest BCUT2D eigenvalue weighted by molar-refractivity contribution is -0.140. The van der Waals surface area contributed by atoms with E-state index in [1.54, 1.807) is 19.3 Å². The van der Waals surface area contributed by atoms with Gasteiger partial charge in [0, 0.05) is 0 Å². The molecule has 11 heavy (non-hydrogen) atoms. The quantitative estimate of drug-likeness (QED) is 0.579. The number of fused-ring (bicyclic) bond motifs is 1. The van der Waals surface area contributed by atoms with E-state index in [9.17, 15) is 0 Å². The Kier molecular flexibility index (Phi) is 1.74. The van der Waals surface area contributed by atoms with Crippen LogP contribution in [0.25, 0.3) is 0 Å². The van der Waals surface area contributed by atoms with Crippen LogP contribution in [-0.4, -0.2) is 0 Å². The first-order chi connectivity index (χ1) is 5.32. The Labute approximate surface area is 70.4 Å². The normalized spacial score (nSPS) is 47.5. The highest BCUT2D eigenvalue weighted by Crippen LogP contribution is 2.67. The highest BCUT2D eigenvalue weighted by molar-refractivity contribution is 5.07. The molecular formula is C11H20. The van der Waals surface area contributed by atoms with E-state index < -0.39 is 0 Å². The lowest BCUT2D eigenvalue weighted by atomic mass is 9.41. The third-order valence-corrected chi connectivity index (χ3v) is 4.25. The fourth-order valence-corrected chi connectivity index (χ4v) is 3.55. The van der Waals surface area contributed by atoms with Crippen molar-refractivity contribution in [2.24, 2.45) is 17.3 Å². The van der Waals surface area contributed by atoms with Crippen molar-refractivity contribution in [3.8, 4) is 0 Å². The van der Waals surface area contributed by atoms with Crippen molar-refractivity contribution in [2.75, 3.05) is 0 Å². The average molecular weight is 152 g/mol. The van der Waals surface area contributed by atoms with Gasteiger partial charge in [0.1, 0.15) is 0 Å². The van der Waals surface area contributed by atoms with Gasteiger partial charge in [-0.2, -0.15) is 0 Å². The third kappa shape index (κ3) is 0.878. The Morgan fingerprint density at radius 3 is 2.55 bits per heavy atom. The first kappa shape index (κ1) is 7.64. The summed E-state index contributed by atoms with van der Waals surface area (Å²) in [5, 5.41) is 0. The van der Waals surface area contributed by atoms with Gasteiger partial charge in [-0.15, -0.1) is 0 Å². The molecular weight excluding hydrogens is 132 g/mol. The van der Waals surface area contributed by atoms with E-state index in [0.717, 1.165) is 17.3 Å². The molecule has 0 aliphatic heterocycles. The average Bonchev–Trinajstić information content (AvgIpc) is 2.00. The molecule has 0 heteroatoms. The topological polar surface area (TPSA) is 0 Å². The molecule has 2 aliphatic carbocycles. The summed E-state index contributed by atoms with van der Waals surface area (Å²) >= 11 is 0. The molecule has 64 valence electrons. The summed E-state index contributed by atoms with van der Waals surface area (Å²) in [6.07, 6.45) is 9.06. The standard InChI is InChI=1S/C11H20/c1-3-6-11-7-5-10(11)9(4-2)8-11/h9-10H,3-8H2,1-2H3. The molecule has 0 aromatic rings. The first-order valence-electron chi connectivity index (χ1n) is 5.32. The molecule has 0 spiro atoms. The molecule has 0 N–H and O–H groups in total. The fourth-order valence-electron chi connectivity index (χ4n) is 3.55. The Balaban J connectivity index is 1.90. The summed E-state index contributed by atoms with van der Waals surface area (Å²) in [7, 11) is 0. The molecule has 0 heterocycles. The van der Waals surface area contributed by atoms with Crippen LogP contribution in [0, 0.1) is 17.3 Å². The van der Waals surface area contributed by atoms with E-state index in [2.05, 4.69) is 13.8 Å². The second-order valence-corrected chi connectivity index (χ2v) is 4.63. The number of rotatable bonds is 3. The highest BCUT2D eigenvalue weighted by Gasteiger charge is 2.57. The van der Waals surface area contributed by atoms with E-state index in [1.807, 2.05) is 0 Å². The predicted molar refractivity (Wildman–Crippen MR) is 48.5 cm³/mol. The first-order valence-corrected chi connectivity index (χ1v) is 5.32. The van der Waals surface area contributed by atoms with Gasteiger partial charge in [0.05, 0.1) is 0 Å². The van der Waals surface area contributed by atoms with Crippen LogP contribution in [0.4, 0.5) is 0 Å². The molecule has 3 unspecified atom stereocenters. The summed E-state index contributed by atoms with van der Waals surface area (Å²) in [4.78, 5) is 0. The van der Waals surface area contributed by atoms with Crippen LogP contribution in [0.3, 0.4) is 0 Å². The summed E-state index contributed by atoms with van der Waals surface area (Å²) < 4.78 is 0. The van der Waals surface area contributed by atoms with Crippen LogP contribution in [0.1, 0.15) is 52.4 Å². The van der Waals surface area contributed by atoms with Crippen LogP contribution in [0.15, 0.2) is 0 Å². The van der Waals surface area contributed by atoms with Gasteiger partial charge in [-0.25, -0.2) is 0 Å². The molecule has 0 radical (unpaired) electrons. The lowest BCUT2D eigenvalue weighted by Crippen LogP contribution is -2.55. The molecule has 2 rings (SSSR count). The maximum absolute atomic E-state index is 2.36. The largest absolute Gasteiger partial charge is 0.0654 e. The maximum atomic E-state index is 2.36. The van der Waals surface area contributed by atoms with Crippen molar-refractivity contribution >= 4 is 0 Å². The smallest absolute Gasteiger partial charge is 0.0264 e. The second-order valence-electron chi connectivity index (χ2n) is 4.63. The molecule has 2 fully saturated rings. The molecule has 0 bridgehead atoms. The van der Waals surface area contributed by atoms with Crippen molar-refractivity contribution in [1.29, 1.82) is 0 Å². The third-order valence-electron chi connectivity index (χ3n) is 4.25. The highest BCUT2D eigenvalue weighted by atomic mass is 14.6. The van der Waals surface area contributed by atoms with Gasteiger partial charge in [0.25, 0.3) is 0 Å². The fraction of sp³-hybridized carbons (Fsp3) is 1.00. The molecule has 0 amide bonds. The molecule has 2 aliphatic rings. The van der Waals surface area contributed by atoms with Crippen molar-refractivity contribution in [2.45, 2.75) is 52.4 Å². The minimum absolute atomic E-state index is 0.884. The maximum Gasteiger partial charge on any atom is -0.0264 e. The zero-order valence-electron chi connectivity index (χ0n) is 7.90. The zero-order valence-corrected chi connectivity index (χ0v) is 7.90. The zero-order chi connectivity index (χ0) is 7.90. The van der Waals surface area contributed by atoms with Crippen molar-refractivity contribution in [3.63, 3.8) is 0 Å². The summed E-state index contributed by atoms with van der Waals surface area (Å²) in [6.45, 7) is 4.70. The van der Waals surface area contributed by atoms with Gasteiger partial charge >= 0.3 is 0 Å². The number of hydrogen-bond acceptors (Lipinski definition) is 0. The summed E-state index contributed by atoms with van der Waals surface area (Å²) in [6, 6.07) is 0. The SMILES string of the molecule is CCCC12CCC1C(CC)C2. The van der Waals surface area contributed by atoms with E-state index in [1.165, 1.54) is 19.3 Å². The van der Waals surface area contributed by atoms with Gasteiger partial charge in [-0.1, -0.05) is 26.7 Å². The molecule has 0 aromatic carbocycles. The van der Waals surface area contributed by atoms with E-state index >= 15 is 0 Å². The molecule has 2 saturated carbocycles. The predicted octanol–water partition coefficient (Wildman–Crippen LogP) is 3.61. The van der Waals surface area contributed by atoms with E-state index in [4.69, 9.17) is 0 Å². The minimum atomic E-state index is 0.884. The van der Waals surface area contributed by atoms with Gasteiger partial charge in [0.2, 0.25) is 0 Å². The van der Waals surface area contributed by atoms with Gasteiger partial charge in [-0.05, 0) is 42.9 Å². The van der Waals surface area contributed by atoms with Crippen LogP contribution in [0.2, 0.25) is 0 Å². The van der Waals surface area contributed by atoms with Crippen LogP contribution < -0.4 is 0 Å². The molecule has 0 nitrogen and oxygen atoms in total.